The third-order valence-corrected chi connectivity index (χ3v) is 17.8. The first-order valence-corrected chi connectivity index (χ1v) is 28.2. The summed E-state index contributed by atoms with van der Waals surface area (Å²) >= 11 is 0. The SMILES string of the molecule is c1ccc(-c2c3ccccc3c(-c3ccc(N(c4ccc(-c5ccc6ccccc6c5)cc4)c4ccc5c(c4)c4ccccc4n5-c4ccc5c(c4)C4(c6ccccc6-c6ccccc64)c4ccccc4-5)cc3)c3ccccc23)cc1. The Kier molecular flexibility index (Phi) is 9.96. The zero-order valence-electron chi connectivity index (χ0n) is 44.3. The molecular formula is C79H50N2. The van der Waals surface area contributed by atoms with Gasteiger partial charge in [0.1, 0.15) is 0 Å². The Bertz CT molecular complexity index is 4920. The fraction of sp³-hybridized carbons (Fsp3) is 0.0127. The number of anilines is 3. The molecule has 0 amide bonds. The summed E-state index contributed by atoms with van der Waals surface area (Å²) in [6, 6.07) is 113. The van der Waals surface area contributed by atoms with Gasteiger partial charge in [-0.3, -0.25) is 0 Å². The van der Waals surface area contributed by atoms with Gasteiger partial charge < -0.3 is 9.47 Å². The molecular weight excluding hydrogens is 977 g/mol. The Morgan fingerprint density at radius 3 is 1.30 bits per heavy atom. The van der Waals surface area contributed by atoms with E-state index in [9.17, 15) is 0 Å². The first kappa shape index (κ1) is 45.5. The lowest BCUT2D eigenvalue weighted by Crippen LogP contribution is -2.26. The van der Waals surface area contributed by atoms with Crippen LogP contribution in [0.25, 0.3) is 115 Å². The van der Waals surface area contributed by atoms with E-state index in [2.05, 4.69) is 313 Å². The average Bonchev–Trinajstić information content (AvgIpc) is 4.36. The molecule has 15 aromatic rings. The highest BCUT2D eigenvalue weighted by atomic mass is 15.1. The van der Waals surface area contributed by atoms with E-state index in [1.54, 1.807) is 0 Å². The van der Waals surface area contributed by atoms with Crippen molar-refractivity contribution in [2.45, 2.75) is 5.41 Å². The van der Waals surface area contributed by atoms with Crippen molar-refractivity contribution in [1.82, 2.24) is 4.57 Å². The molecule has 0 atom stereocenters. The number of fused-ring (bicyclic) bond motifs is 16. The van der Waals surface area contributed by atoms with Crippen molar-refractivity contribution in [2.75, 3.05) is 4.90 Å². The monoisotopic (exact) mass is 1030 g/mol. The fourth-order valence-electron chi connectivity index (χ4n) is 14.4. The lowest BCUT2D eigenvalue weighted by atomic mass is 9.70. The zero-order chi connectivity index (χ0) is 53.2. The summed E-state index contributed by atoms with van der Waals surface area (Å²) in [4.78, 5) is 2.43. The first-order valence-electron chi connectivity index (χ1n) is 28.2. The average molecular weight is 1030 g/mol. The van der Waals surface area contributed by atoms with Gasteiger partial charge in [0.2, 0.25) is 0 Å². The molecule has 376 valence electrons. The van der Waals surface area contributed by atoms with Crippen LogP contribution in [0, 0.1) is 0 Å². The summed E-state index contributed by atoms with van der Waals surface area (Å²) < 4.78 is 2.49. The molecule has 2 nitrogen and oxygen atoms in total. The molecule has 0 N–H and O–H groups in total. The van der Waals surface area contributed by atoms with Gasteiger partial charge in [-0.05, 0) is 177 Å². The van der Waals surface area contributed by atoms with Crippen LogP contribution in [0.3, 0.4) is 0 Å². The molecule has 0 fully saturated rings. The lowest BCUT2D eigenvalue weighted by Gasteiger charge is -2.30. The second-order valence-electron chi connectivity index (χ2n) is 21.9. The maximum atomic E-state index is 2.50. The van der Waals surface area contributed by atoms with E-state index in [4.69, 9.17) is 0 Å². The highest BCUT2D eigenvalue weighted by Gasteiger charge is 2.51. The number of nitrogens with zero attached hydrogens (tertiary/aromatic N) is 2. The van der Waals surface area contributed by atoms with Crippen molar-refractivity contribution in [1.29, 1.82) is 0 Å². The number of hydrogen-bond donors (Lipinski definition) is 0. The molecule has 0 unspecified atom stereocenters. The van der Waals surface area contributed by atoms with E-state index in [0.717, 1.165) is 28.3 Å². The molecule has 17 rings (SSSR count). The van der Waals surface area contributed by atoms with Gasteiger partial charge in [0.15, 0.2) is 0 Å². The van der Waals surface area contributed by atoms with E-state index >= 15 is 0 Å². The van der Waals surface area contributed by atoms with Gasteiger partial charge in [-0.1, -0.05) is 237 Å². The number of para-hydroxylation sites is 1. The summed E-state index contributed by atoms with van der Waals surface area (Å²) in [7, 11) is 0. The van der Waals surface area contributed by atoms with Crippen molar-refractivity contribution in [3.63, 3.8) is 0 Å². The smallest absolute Gasteiger partial charge is 0.0726 e. The molecule has 14 aromatic carbocycles. The molecule has 0 saturated heterocycles. The second-order valence-corrected chi connectivity index (χ2v) is 21.9. The van der Waals surface area contributed by atoms with E-state index in [1.807, 2.05) is 0 Å². The first-order chi connectivity index (χ1) is 40.2. The van der Waals surface area contributed by atoms with E-state index in [1.165, 1.54) is 126 Å². The zero-order valence-corrected chi connectivity index (χ0v) is 44.3. The Balaban J connectivity index is 0.834. The highest BCUT2D eigenvalue weighted by Crippen LogP contribution is 2.63. The molecule has 1 heterocycles. The molecule has 2 heteroatoms. The van der Waals surface area contributed by atoms with Gasteiger partial charge in [0.25, 0.3) is 0 Å². The minimum absolute atomic E-state index is 0.438. The summed E-state index contributed by atoms with van der Waals surface area (Å²) in [6.45, 7) is 0. The number of hydrogen-bond acceptors (Lipinski definition) is 1. The van der Waals surface area contributed by atoms with Crippen molar-refractivity contribution < 1.29 is 0 Å². The minimum atomic E-state index is -0.438. The van der Waals surface area contributed by atoms with Gasteiger partial charge >= 0.3 is 0 Å². The standard InChI is InChI=1S/C79H50N2/c1-2-19-53(20-3-1)77-66-26-6-8-28-68(66)78(69-29-9-7-27-67(69)77)54-38-42-58(43-39-54)80(57-40-36-52(37-41-57)56-35-34-51-18-4-5-21-55(51)48-56)59-45-47-76-70(49-59)65-25-13-17-33-75(65)81(76)60-44-46-64-63-24-12-16-32-73(63)79(74(64)50-60)71-30-14-10-22-61(71)62-23-11-15-31-72(62)79/h1-50H. The predicted octanol–water partition coefficient (Wildman–Crippen LogP) is 21.1. The summed E-state index contributed by atoms with van der Waals surface area (Å²) in [6.07, 6.45) is 0. The Labute approximate surface area is 470 Å². The van der Waals surface area contributed by atoms with Crippen LogP contribution in [0.15, 0.2) is 303 Å². The molecule has 0 saturated carbocycles. The topological polar surface area (TPSA) is 8.17 Å². The van der Waals surface area contributed by atoms with Crippen LogP contribution in [-0.4, -0.2) is 4.57 Å². The summed E-state index contributed by atoms with van der Waals surface area (Å²) in [5, 5.41) is 9.88. The third-order valence-electron chi connectivity index (χ3n) is 17.8. The molecule has 1 aromatic heterocycles. The number of benzene rings is 14. The summed E-state index contributed by atoms with van der Waals surface area (Å²) in [5.41, 5.74) is 24.2. The number of rotatable bonds is 7. The van der Waals surface area contributed by atoms with Gasteiger partial charge in [-0.25, -0.2) is 0 Å². The van der Waals surface area contributed by atoms with Crippen LogP contribution >= 0.6 is 0 Å². The fourth-order valence-corrected chi connectivity index (χ4v) is 14.4. The van der Waals surface area contributed by atoms with Crippen molar-refractivity contribution in [3.8, 4) is 61.3 Å². The maximum Gasteiger partial charge on any atom is 0.0726 e. The highest BCUT2D eigenvalue weighted by molar-refractivity contribution is 6.21. The Hall–Kier alpha value is -10.5. The third kappa shape index (κ3) is 6.68. The predicted molar refractivity (Wildman–Crippen MR) is 341 cm³/mol. The lowest BCUT2D eigenvalue weighted by molar-refractivity contribution is 0.792. The van der Waals surface area contributed by atoms with Gasteiger partial charge in [-0.15, -0.1) is 0 Å². The molecule has 2 aliphatic rings. The van der Waals surface area contributed by atoms with Gasteiger partial charge in [0.05, 0.1) is 16.4 Å². The molecule has 1 spiro atoms. The second kappa shape index (κ2) is 17.7. The van der Waals surface area contributed by atoms with Crippen LogP contribution in [0.4, 0.5) is 17.1 Å². The van der Waals surface area contributed by atoms with Crippen LogP contribution < -0.4 is 4.90 Å². The van der Waals surface area contributed by atoms with E-state index in [0.29, 0.717) is 0 Å². The minimum Gasteiger partial charge on any atom is -0.310 e. The molecule has 81 heavy (non-hydrogen) atoms. The van der Waals surface area contributed by atoms with Gasteiger partial charge in [-0.2, -0.15) is 0 Å². The molecule has 2 aliphatic carbocycles. The number of aromatic nitrogens is 1. The largest absolute Gasteiger partial charge is 0.310 e. The molecule has 0 bridgehead atoms. The van der Waals surface area contributed by atoms with Crippen LogP contribution in [0.5, 0.6) is 0 Å². The normalized spacial score (nSPS) is 12.8. The maximum absolute atomic E-state index is 2.50. The van der Waals surface area contributed by atoms with Gasteiger partial charge in [0, 0.05) is 33.5 Å². The van der Waals surface area contributed by atoms with Crippen molar-refractivity contribution in [2.24, 2.45) is 0 Å². The molecule has 0 aliphatic heterocycles. The van der Waals surface area contributed by atoms with Crippen LogP contribution in [-0.2, 0) is 5.41 Å². The molecule has 0 radical (unpaired) electrons. The van der Waals surface area contributed by atoms with E-state index in [-0.39, 0.29) is 0 Å². The van der Waals surface area contributed by atoms with E-state index < -0.39 is 5.41 Å². The Morgan fingerprint density at radius 1 is 0.247 bits per heavy atom. The van der Waals surface area contributed by atoms with Crippen LogP contribution in [0.1, 0.15) is 22.3 Å². The van der Waals surface area contributed by atoms with Crippen molar-refractivity contribution in [3.05, 3.63) is 326 Å². The van der Waals surface area contributed by atoms with Crippen molar-refractivity contribution >= 4 is 71.2 Å². The Morgan fingerprint density at radius 2 is 0.691 bits per heavy atom. The summed E-state index contributed by atoms with van der Waals surface area (Å²) in [5.74, 6) is 0. The quantitative estimate of drug-likeness (QED) is 0.144. The van der Waals surface area contributed by atoms with Crippen LogP contribution in [0.2, 0.25) is 0 Å².